The Bertz CT molecular complexity index is 507. The Labute approximate surface area is 107 Å². The fourth-order valence-corrected chi connectivity index (χ4v) is 1.80. The van der Waals surface area contributed by atoms with Gasteiger partial charge in [0.2, 0.25) is 0 Å². The Morgan fingerprint density at radius 1 is 1.17 bits per heavy atom. The number of fused-ring (bicyclic) bond motifs is 1. The summed E-state index contributed by atoms with van der Waals surface area (Å²) in [6, 6.07) is 4.03. The Balaban J connectivity index is 2.51. The molecule has 1 atom stereocenters. The van der Waals surface area contributed by atoms with Crippen LogP contribution in [0.2, 0.25) is 0 Å². The molecule has 1 N–H and O–H groups in total. The van der Waals surface area contributed by atoms with E-state index in [-0.39, 0.29) is 6.04 Å². The van der Waals surface area contributed by atoms with Crippen molar-refractivity contribution in [3.63, 3.8) is 0 Å². The number of rotatable bonds is 4. The Kier molecular flexibility index (Phi) is 3.43. The molecule has 1 aromatic heterocycles. The van der Waals surface area contributed by atoms with Crippen LogP contribution in [0.15, 0.2) is 12.1 Å². The fraction of sp³-hybridized carbons (Fsp3) is 0.462. The third-order valence-corrected chi connectivity index (χ3v) is 3.18. The first kappa shape index (κ1) is 12.7. The van der Waals surface area contributed by atoms with Gasteiger partial charge in [0, 0.05) is 12.1 Å². The summed E-state index contributed by atoms with van der Waals surface area (Å²) in [6.07, 6.45) is 0. The van der Waals surface area contributed by atoms with E-state index in [1.54, 1.807) is 14.2 Å². The molecule has 18 heavy (non-hydrogen) atoms. The molecule has 0 radical (unpaired) electrons. The van der Waals surface area contributed by atoms with Crippen LogP contribution in [0.1, 0.15) is 18.8 Å². The zero-order valence-corrected chi connectivity index (χ0v) is 11.4. The lowest BCUT2D eigenvalue weighted by Gasteiger charge is -2.16. The first-order valence-electron chi connectivity index (χ1n) is 5.85. The molecule has 0 spiro atoms. The summed E-state index contributed by atoms with van der Waals surface area (Å²) in [6.45, 7) is 2.10. The summed E-state index contributed by atoms with van der Waals surface area (Å²) in [5, 5.41) is 0. The number of benzene rings is 1. The number of methoxy groups -OCH3 is 2. The van der Waals surface area contributed by atoms with Crippen LogP contribution in [0.3, 0.4) is 0 Å². The van der Waals surface area contributed by atoms with Crippen molar-refractivity contribution >= 4 is 11.0 Å². The van der Waals surface area contributed by atoms with Gasteiger partial charge in [0.25, 0.3) is 0 Å². The maximum atomic E-state index is 5.28. The van der Waals surface area contributed by atoms with Gasteiger partial charge in [-0.3, -0.25) is 4.90 Å². The van der Waals surface area contributed by atoms with Crippen LogP contribution in [-0.2, 0) is 0 Å². The van der Waals surface area contributed by atoms with E-state index in [0.29, 0.717) is 11.5 Å². The number of hydrogen-bond acceptors (Lipinski definition) is 4. The minimum absolute atomic E-state index is 0.231. The minimum atomic E-state index is 0.231. The number of imidazole rings is 1. The zero-order valence-electron chi connectivity index (χ0n) is 11.4. The monoisotopic (exact) mass is 249 g/mol. The van der Waals surface area contributed by atoms with Crippen molar-refractivity contribution in [1.29, 1.82) is 0 Å². The zero-order chi connectivity index (χ0) is 13.3. The highest BCUT2D eigenvalue weighted by molar-refractivity contribution is 5.79. The van der Waals surface area contributed by atoms with Crippen molar-refractivity contribution < 1.29 is 9.47 Å². The number of nitrogens with zero attached hydrogens (tertiary/aromatic N) is 2. The number of H-pyrrole nitrogens is 1. The number of aromatic nitrogens is 2. The molecule has 0 bridgehead atoms. The molecule has 0 saturated heterocycles. The van der Waals surface area contributed by atoms with Gasteiger partial charge in [-0.2, -0.15) is 0 Å². The highest BCUT2D eigenvalue weighted by atomic mass is 16.5. The van der Waals surface area contributed by atoms with E-state index in [4.69, 9.17) is 9.47 Å². The summed E-state index contributed by atoms with van der Waals surface area (Å²) in [7, 11) is 7.31. The van der Waals surface area contributed by atoms with E-state index in [0.717, 1.165) is 16.9 Å². The first-order valence-corrected chi connectivity index (χ1v) is 5.85. The predicted octanol–water partition coefficient (Wildman–Crippen LogP) is 2.20. The Hall–Kier alpha value is -1.75. The van der Waals surface area contributed by atoms with E-state index < -0.39 is 0 Å². The molecule has 0 saturated carbocycles. The molecular weight excluding hydrogens is 230 g/mol. The van der Waals surface area contributed by atoms with E-state index >= 15 is 0 Å². The average Bonchev–Trinajstić information content (AvgIpc) is 2.78. The van der Waals surface area contributed by atoms with Gasteiger partial charge in [-0.15, -0.1) is 0 Å². The third kappa shape index (κ3) is 2.13. The van der Waals surface area contributed by atoms with Crippen LogP contribution in [0.4, 0.5) is 0 Å². The molecule has 1 heterocycles. The molecule has 1 aromatic carbocycles. The molecule has 98 valence electrons. The Morgan fingerprint density at radius 3 is 2.33 bits per heavy atom. The maximum absolute atomic E-state index is 5.28. The van der Waals surface area contributed by atoms with Gasteiger partial charge in [-0.1, -0.05) is 0 Å². The number of nitrogens with one attached hydrogen (secondary N) is 1. The topological polar surface area (TPSA) is 50.4 Å². The maximum Gasteiger partial charge on any atom is 0.163 e. The van der Waals surface area contributed by atoms with Gasteiger partial charge >= 0.3 is 0 Å². The van der Waals surface area contributed by atoms with Crippen LogP contribution in [0.25, 0.3) is 11.0 Å². The summed E-state index contributed by atoms with van der Waals surface area (Å²) in [4.78, 5) is 10.0. The lowest BCUT2D eigenvalue weighted by Crippen LogP contribution is -2.17. The highest BCUT2D eigenvalue weighted by Gasteiger charge is 2.14. The summed E-state index contributed by atoms with van der Waals surface area (Å²) >= 11 is 0. The fourth-order valence-electron chi connectivity index (χ4n) is 1.80. The molecule has 2 aromatic rings. The first-order chi connectivity index (χ1) is 8.56. The lowest BCUT2D eigenvalue weighted by atomic mass is 10.3. The summed E-state index contributed by atoms with van der Waals surface area (Å²) < 4.78 is 10.6. The summed E-state index contributed by atoms with van der Waals surface area (Å²) in [5.74, 6) is 2.34. The predicted molar refractivity (Wildman–Crippen MR) is 71.3 cm³/mol. The van der Waals surface area contributed by atoms with E-state index in [9.17, 15) is 0 Å². The number of ether oxygens (including phenoxy) is 2. The second-order valence-corrected chi connectivity index (χ2v) is 4.49. The Morgan fingerprint density at radius 2 is 1.78 bits per heavy atom. The molecular formula is C13H19N3O2. The quantitative estimate of drug-likeness (QED) is 0.902. The van der Waals surface area contributed by atoms with Gasteiger partial charge in [0.15, 0.2) is 11.5 Å². The van der Waals surface area contributed by atoms with Crippen molar-refractivity contribution in [2.75, 3.05) is 28.3 Å². The van der Waals surface area contributed by atoms with Crippen molar-refractivity contribution in [3.05, 3.63) is 18.0 Å². The van der Waals surface area contributed by atoms with Crippen LogP contribution in [-0.4, -0.2) is 43.2 Å². The standard InChI is InChI=1S/C13H19N3O2/c1-8(16(2)3)13-14-9-6-11(17-4)12(18-5)7-10(9)15-13/h6-8H,1-5H3,(H,14,15). The van der Waals surface area contributed by atoms with Crippen LogP contribution < -0.4 is 9.47 Å². The van der Waals surface area contributed by atoms with Crippen molar-refractivity contribution in [3.8, 4) is 11.5 Å². The minimum Gasteiger partial charge on any atom is -0.493 e. The van der Waals surface area contributed by atoms with Crippen LogP contribution in [0.5, 0.6) is 11.5 Å². The third-order valence-electron chi connectivity index (χ3n) is 3.18. The normalized spacial score (nSPS) is 13.0. The van der Waals surface area contributed by atoms with Gasteiger partial charge in [0.1, 0.15) is 5.82 Å². The van der Waals surface area contributed by atoms with Crippen molar-refractivity contribution in [1.82, 2.24) is 14.9 Å². The molecule has 0 aliphatic heterocycles. The molecule has 0 amide bonds. The van der Waals surface area contributed by atoms with Gasteiger partial charge in [-0.25, -0.2) is 4.98 Å². The summed E-state index contributed by atoms with van der Waals surface area (Å²) in [5.41, 5.74) is 1.84. The van der Waals surface area contributed by atoms with Gasteiger partial charge in [-0.05, 0) is 21.0 Å². The molecule has 0 aliphatic carbocycles. The molecule has 1 unspecified atom stereocenters. The molecule has 5 nitrogen and oxygen atoms in total. The van der Waals surface area contributed by atoms with Gasteiger partial charge < -0.3 is 14.5 Å². The average molecular weight is 249 g/mol. The van der Waals surface area contributed by atoms with Crippen LogP contribution >= 0.6 is 0 Å². The van der Waals surface area contributed by atoms with E-state index in [1.807, 2.05) is 26.2 Å². The molecule has 5 heteroatoms. The molecule has 0 aliphatic rings. The van der Waals surface area contributed by atoms with Crippen LogP contribution in [0, 0.1) is 0 Å². The second-order valence-electron chi connectivity index (χ2n) is 4.49. The highest BCUT2D eigenvalue weighted by Crippen LogP contribution is 2.31. The lowest BCUT2D eigenvalue weighted by molar-refractivity contribution is 0.310. The molecule has 2 rings (SSSR count). The smallest absolute Gasteiger partial charge is 0.163 e. The number of hydrogen-bond donors (Lipinski definition) is 1. The largest absolute Gasteiger partial charge is 0.493 e. The van der Waals surface area contributed by atoms with E-state index in [2.05, 4.69) is 21.8 Å². The SMILES string of the molecule is COc1cc2nc(C(C)N(C)C)[nH]c2cc1OC. The molecule has 0 fully saturated rings. The van der Waals surface area contributed by atoms with E-state index in [1.165, 1.54) is 0 Å². The van der Waals surface area contributed by atoms with Crippen molar-refractivity contribution in [2.45, 2.75) is 13.0 Å². The van der Waals surface area contributed by atoms with Crippen molar-refractivity contribution in [2.24, 2.45) is 0 Å². The van der Waals surface area contributed by atoms with Gasteiger partial charge in [0.05, 0.1) is 31.3 Å². The number of aromatic amines is 1. The second kappa shape index (κ2) is 4.86.